The van der Waals surface area contributed by atoms with Crippen LogP contribution < -0.4 is 9.64 Å². The van der Waals surface area contributed by atoms with Crippen molar-refractivity contribution < 1.29 is 19.1 Å². The zero-order chi connectivity index (χ0) is 26.4. The van der Waals surface area contributed by atoms with Crippen molar-refractivity contribution in [2.75, 3.05) is 38.3 Å². The predicted molar refractivity (Wildman–Crippen MR) is 143 cm³/mol. The Balaban J connectivity index is 1.75. The molecule has 1 fully saturated rings. The van der Waals surface area contributed by atoms with Crippen LogP contribution in [0.25, 0.3) is 11.4 Å². The smallest absolute Gasteiger partial charge is 0.310 e. The molecule has 1 amide bonds. The van der Waals surface area contributed by atoms with Gasteiger partial charge < -0.3 is 19.3 Å². The maximum absolute atomic E-state index is 13.8. The number of esters is 1. The highest BCUT2D eigenvalue weighted by Gasteiger charge is 2.32. The van der Waals surface area contributed by atoms with Gasteiger partial charge >= 0.3 is 5.97 Å². The maximum atomic E-state index is 13.8. The van der Waals surface area contributed by atoms with Crippen LogP contribution >= 0.6 is 0 Å². The monoisotopic (exact) mass is 502 g/mol. The molecule has 8 heteroatoms. The predicted octanol–water partition coefficient (Wildman–Crippen LogP) is 5.03. The van der Waals surface area contributed by atoms with Gasteiger partial charge in [-0.2, -0.15) is 0 Å². The topological polar surface area (TPSA) is 84.9 Å². The van der Waals surface area contributed by atoms with E-state index in [1.54, 1.807) is 25.1 Å². The van der Waals surface area contributed by atoms with Gasteiger partial charge in [0.15, 0.2) is 5.82 Å². The number of likely N-dealkylation sites (tertiary alicyclic amines) is 1. The molecule has 0 N–H and O–H groups in total. The molecule has 0 radical (unpaired) electrons. The number of hydrogen-bond acceptors (Lipinski definition) is 7. The fraction of sp³-hybridized carbons (Fsp3) is 0.379. The van der Waals surface area contributed by atoms with Crippen LogP contribution in [0.1, 0.15) is 42.6 Å². The number of aryl methyl sites for hydroxylation is 1. The highest BCUT2D eigenvalue weighted by Crippen LogP contribution is 2.31. The summed E-state index contributed by atoms with van der Waals surface area (Å²) in [6.07, 6.45) is 3.06. The summed E-state index contributed by atoms with van der Waals surface area (Å²) in [5, 5.41) is 0. The molecule has 1 saturated heterocycles. The number of piperidine rings is 1. The minimum atomic E-state index is -0.320. The lowest BCUT2D eigenvalue weighted by molar-refractivity contribution is -0.149. The van der Waals surface area contributed by atoms with Crippen LogP contribution in [0, 0.1) is 12.8 Å². The second-order valence-corrected chi connectivity index (χ2v) is 9.09. The molecule has 0 aliphatic carbocycles. The molecule has 3 aromatic rings. The average molecular weight is 503 g/mol. The number of ether oxygens (including phenoxy) is 2. The van der Waals surface area contributed by atoms with E-state index < -0.39 is 0 Å². The average Bonchev–Trinajstić information content (AvgIpc) is 2.93. The number of hydrogen-bond donors (Lipinski definition) is 0. The Morgan fingerprint density at radius 1 is 1.14 bits per heavy atom. The number of anilines is 2. The summed E-state index contributed by atoms with van der Waals surface area (Å²) in [7, 11) is 1.62. The van der Waals surface area contributed by atoms with Crippen LogP contribution in [0.2, 0.25) is 0 Å². The van der Waals surface area contributed by atoms with Gasteiger partial charge in [-0.1, -0.05) is 12.1 Å². The van der Waals surface area contributed by atoms with Gasteiger partial charge in [0, 0.05) is 37.1 Å². The summed E-state index contributed by atoms with van der Waals surface area (Å²) in [6, 6.07) is 15.6. The largest absolute Gasteiger partial charge is 0.497 e. The van der Waals surface area contributed by atoms with Crippen LogP contribution in [0.4, 0.5) is 11.5 Å². The van der Waals surface area contributed by atoms with Crippen LogP contribution in [-0.2, 0) is 9.53 Å². The fourth-order valence-corrected chi connectivity index (χ4v) is 4.64. The number of rotatable bonds is 8. The van der Waals surface area contributed by atoms with Crippen LogP contribution in [0.15, 0.2) is 54.7 Å². The van der Waals surface area contributed by atoms with Gasteiger partial charge in [0.25, 0.3) is 5.91 Å². The highest BCUT2D eigenvalue weighted by atomic mass is 16.5. The van der Waals surface area contributed by atoms with E-state index in [9.17, 15) is 9.59 Å². The molecule has 1 atom stereocenters. The van der Waals surface area contributed by atoms with Crippen LogP contribution in [0.3, 0.4) is 0 Å². The molecule has 0 saturated carbocycles. The van der Waals surface area contributed by atoms with Gasteiger partial charge in [-0.3, -0.25) is 9.59 Å². The summed E-state index contributed by atoms with van der Waals surface area (Å²) >= 11 is 0. The Kier molecular flexibility index (Phi) is 8.38. The number of carbonyl (C=O) groups is 2. The zero-order valence-electron chi connectivity index (χ0n) is 21.9. The number of nitrogens with zero attached hydrogens (tertiary/aromatic N) is 4. The lowest BCUT2D eigenvalue weighted by Crippen LogP contribution is -2.43. The second-order valence-electron chi connectivity index (χ2n) is 9.09. The quantitative estimate of drug-likeness (QED) is 0.399. The molecule has 1 aromatic heterocycles. The van der Waals surface area contributed by atoms with Crippen molar-refractivity contribution in [1.82, 2.24) is 14.9 Å². The second kappa shape index (κ2) is 11.9. The molecule has 0 spiro atoms. The molecule has 194 valence electrons. The molecule has 37 heavy (non-hydrogen) atoms. The van der Waals surface area contributed by atoms with Crippen molar-refractivity contribution in [3.63, 3.8) is 0 Å². The van der Waals surface area contributed by atoms with E-state index in [0.717, 1.165) is 29.0 Å². The molecule has 4 rings (SSSR count). The third-order valence-electron chi connectivity index (χ3n) is 6.56. The normalized spacial score (nSPS) is 15.2. The molecule has 2 aromatic carbocycles. The third-order valence-corrected chi connectivity index (χ3v) is 6.56. The molecular formula is C29H34N4O4. The van der Waals surface area contributed by atoms with E-state index in [4.69, 9.17) is 14.5 Å². The van der Waals surface area contributed by atoms with Gasteiger partial charge in [0.05, 0.1) is 19.6 Å². The van der Waals surface area contributed by atoms with Gasteiger partial charge in [0.1, 0.15) is 17.1 Å². The van der Waals surface area contributed by atoms with Gasteiger partial charge in [0.2, 0.25) is 0 Å². The van der Waals surface area contributed by atoms with E-state index in [2.05, 4.69) is 11.1 Å². The lowest BCUT2D eigenvalue weighted by Gasteiger charge is -2.33. The molecule has 0 bridgehead atoms. The number of carbonyl (C=O) groups excluding carboxylic acids is 2. The van der Waals surface area contributed by atoms with Gasteiger partial charge in [-0.15, -0.1) is 0 Å². The minimum Gasteiger partial charge on any atom is -0.497 e. The van der Waals surface area contributed by atoms with Gasteiger partial charge in [-0.05, 0) is 75.6 Å². The Morgan fingerprint density at radius 2 is 1.92 bits per heavy atom. The van der Waals surface area contributed by atoms with Crippen molar-refractivity contribution in [3.8, 4) is 17.1 Å². The van der Waals surface area contributed by atoms with Crippen molar-refractivity contribution in [3.05, 3.63) is 65.9 Å². The molecule has 1 aliphatic rings. The Bertz CT molecular complexity index is 1240. The number of amides is 1. The molecule has 8 nitrogen and oxygen atoms in total. The minimum absolute atomic E-state index is 0.184. The summed E-state index contributed by atoms with van der Waals surface area (Å²) in [4.78, 5) is 39.5. The first-order valence-corrected chi connectivity index (χ1v) is 12.8. The summed E-state index contributed by atoms with van der Waals surface area (Å²) < 4.78 is 10.5. The van der Waals surface area contributed by atoms with E-state index in [1.807, 2.05) is 61.2 Å². The van der Waals surface area contributed by atoms with Crippen molar-refractivity contribution in [2.45, 2.75) is 33.6 Å². The standard InChI is InChI=1S/C29H34N4O4/c1-5-33(23-11-7-9-20(3)17-23)27-25(18-30-26(31-27)21-12-14-24(36-4)15-13-21)28(34)32-16-8-10-22(19-32)29(35)37-6-2/h7,9,11-15,17-18,22H,5-6,8,10,16,19H2,1-4H3. The lowest BCUT2D eigenvalue weighted by atomic mass is 9.97. The maximum Gasteiger partial charge on any atom is 0.310 e. The Hall–Kier alpha value is -3.94. The number of methoxy groups -OCH3 is 1. The van der Waals surface area contributed by atoms with E-state index in [1.165, 1.54) is 0 Å². The highest BCUT2D eigenvalue weighted by molar-refractivity contribution is 6.00. The van der Waals surface area contributed by atoms with E-state index in [-0.39, 0.29) is 17.8 Å². The molecule has 2 heterocycles. The van der Waals surface area contributed by atoms with E-state index in [0.29, 0.717) is 49.9 Å². The van der Waals surface area contributed by atoms with Crippen molar-refractivity contribution in [2.24, 2.45) is 5.92 Å². The first-order valence-electron chi connectivity index (χ1n) is 12.8. The van der Waals surface area contributed by atoms with Gasteiger partial charge in [-0.25, -0.2) is 9.97 Å². The first kappa shape index (κ1) is 26.1. The molecular weight excluding hydrogens is 468 g/mol. The molecule has 1 unspecified atom stereocenters. The number of aromatic nitrogens is 2. The van der Waals surface area contributed by atoms with Crippen molar-refractivity contribution in [1.29, 1.82) is 0 Å². The first-order chi connectivity index (χ1) is 17.9. The SMILES string of the molecule is CCOC(=O)C1CCCN(C(=O)c2cnc(-c3ccc(OC)cc3)nc2N(CC)c2cccc(C)c2)C1. The Morgan fingerprint density at radius 3 is 2.59 bits per heavy atom. The Labute approximate surface area is 218 Å². The molecule has 1 aliphatic heterocycles. The van der Waals surface area contributed by atoms with Crippen LogP contribution in [-0.4, -0.2) is 60.1 Å². The van der Waals surface area contributed by atoms with Crippen molar-refractivity contribution >= 4 is 23.4 Å². The fourth-order valence-electron chi connectivity index (χ4n) is 4.64. The zero-order valence-corrected chi connectivity index (χ0v) is 21.9. The summed E-state index contributed by atoms with van der Waals surface area (Å²) in [6.45, 7) is 7.70. The third kappa shape index (κ3) is 5.90. The van der Waals surface area contributed by atoms with E-state index >= 15 is 0 Å². The number of benzene rings is 2. The summed E-state index contributed by atoms with van der Waals surface area (Å²) in [5.74, 6) is 1.05. The van der Waals surface area contributed by atoms with Crippen LogP contribution in [0.5, 0.6) is 5.75 Å². The summed E-state index contributed by atoms with van der Waals surface area (Å²) in [5.41, 5.74) is 3.28.